The number of benzene rings is 1. The van der Waals surface area contributed by atoms with Crippen LogP contribution in [0.2, 0.25) is 0 Å². The van der Waals surface area contributed by atoms with E-state index in [4.69, 9.17) is 4.74 Å². The van der Waals surface area contributed by atoms with Crippen LogP contribution in [-0.2, 0) is 6.42 Å². The Balaban J connectivity index is 2.01. The van der Waals surface area contributed by atoms with Crippen LogP contribution in [0.5, 0.6) is 5.75 Å². The zero-order valence-electron chi connectivity index (χ0n) is 12.3. The van der Waals surface area contributed by atoms with E-state index in [2.05, 4.69) is 23.8 Å². The number of rotatable bonds is 7. The summed E-state index contributed by atoms with van der Waals surface area (Å²) in [6.45, 7) is 5.08. The van der Waals surface area contributed by atoms with Crippen LogP contribution < -0.4 is 4.74 Å². The quantitative estimate of drug-likeness (QED) is 0.704. The Morgan fingerprint density at radius 1 is 0.950 bits per heavy atom. The first-order chi connectivity index (χ1) is 9.83. The number of nitrogens with zero attached hydrogens (tertiary/aromatic N) is 2. The van der Waals surface area contributed by atoms with E-state index in [0.29, 0.717) is 0 Å². The lowest BCUT2D eigenvalue weighted by Gasteiger charge is -2.06. The molecule has 2 aromatic rings. The minimum Gasteiger partial charge on any atom is -0.494 e. The summed E-state index contributed by atoms with van der Waals surface area (Å²) in [6, 6.07) is 8.05. The summed E-state index contributed by atoms with van der Waals surface area (Å²) in [7, 11) is 0. The van der Waals surface area contributed by atoms with Gasteiger partial charge in [0.25, 0.3) is 0 Å². The van der Waals surface area contributed by atoms with Crippen molar-refractivity contribution in [2.75, 3.05) is 6.61 Å². The smallest absolute Gasteiger partial charge is 0.119 e. The minimum atomic E-state index is 0.779. The molecule has 2 rings (SSSR count). The van der Waals surface area contributed by atoms with Gasteiger partial charge in [0.2, 0.25) is 0 Å². The molecule has 0 fully saturated rings. The predicted octanol–water partition coefficient (Wildman–Crippen LogP) is 4.28. The van der Waals surface area contributed by atoms with E-state index >= 15 is 0 Å². The van der Waals surface area contributed by atoms with E-state index in [1.807, 2.05) is 36.7 Å². The van der Waals surface area contributed by atoms with Crippen molar-refractivity contribution in [3.05, 3.63) is 42.4 Å². The highest BCUT2D eigenvalue weighted by Crippen LogP contribution is 2.20. The van der Waals surface area contributed by atoms with Crippen LogP contribution in [0.25, 0.3) is 11.3 Å². The molecule has 0 unspecified atom stereocenters. The maximum Gasteiger partial charge on any atom is 0.119 e. The van der Waals surface area contributed by atoms with E-state index in [1.54, 1.807) is 0 Å². The number of unbranched alkanes of at least 4 members (excludes halogenated alkanes) is 1. The molecule has 0 N–H and O–H groups in total. The molecule has 0 saturated carbocycles. The second-order valence-corrected chi connectivity index (χ2v) is 4.87. The van der Waals surface area contributed by atoms with E-state index < -0.39 is 0 Å². The molecule has 0 aliphatic carbocycles. The summed E-state index contributed by atoms with van der Waals surface area (Å²) in [6.07, 6.45) is 8.03. The van der Waals surface area contributed by atoms with Gasteiger partial charge in [-0.05, 0) is 37.1 Å². The first-order valence-corrected chi connectivity index (χ1v) is 7.37. The van der Waals surface area contributed by atoms with Crippen molar-refractivity contribution in [1.29, 1.82) is 0 Å². The molecular weight excluding hydrogens is 248 g/mol. The largest absolute Gasteiger partial charge is 0.494 e. The molecule has 0 aliphatic rings. The molecule has 106 valence electrons. The van der Waals surface area contributed by atoms with Gasteiger partial charge in [-0.1, -0.05) is 26.7 Å². The molecule has 1 heterocycles. The third-order valence-electron chi connectivity index (χ3n) is 3.13. The highest BCUT2D eigenvalue weighted by atomic mass is 16.5. The first-order valence-electron chi connectivity index (χ1n) is 7.37. The average molecular weight is 270 g/mol. The lowest BCUT2D eigenvalue weighted by atomic mass is 10.1. The second kappa shape index (κ2) is 7.63. The van der Waals surface area contributed by atoms with Crippen LogP contribution in [0.4, 0.5) is 0 Å². The van der Waals surface area contributed by atoms with Crippen molar-refractivity contribution in [3.63, 3.8) is 0 Å². The molecule has 0 amide bonds. The van der Waals surface area contributed by atoms with E-state index in [-0.39, 0.29) is 0 Å². The van der Waals surface area contributed by atoms with Gasteiger partial charge in [-0.25, -0.2) is 0 Å². The van der Waals surface area contributed by atoms with Gasteiger partial charge in [-0.15, -0.1) is 0 Å². The molecule has 3 heteroatoms. The number of ether oxygens (including phenoxy) is 1. The Morgan fingerprint density at radius 2 is 1.75 bits per heavy atom. The van der Waals surface area contributed by atoms with Gasteiger partial charge in [0.1, 0.15) is 5.75 Å². The normalized spacial score (nSPS) is 10.5. The van der Waals surface area contributed by atoms with Crippen LogP contribution in [0.1, 0.15) is 38.8 Å². The van der Waals surface area contributed by atoms with E-state index in [9.17, 15) is 0 Å². The highest BCUT2D eigenvalue weighted by molar-refractivity contribution is 5.58. The summed E-state index contributed by atoms with van der Waals surface area (Å²) in [5.41, 5.74) is 3.03. The van der Waals surface area contributed by atoms with Gasteiger partial charge >= 0.3 is 0 Å². The molecule has 0 atom stereocenters. The van der Waals surface area contributed by atoms with Gasteiger partial charge in [-0.2, -0.15) is 0 Å². The maximum absolute atomic E-state index is 5.65. The zero-order valence-corrected chi connectivity index (χ0v) is 12.3. The van der Waals surface area contributed by atoms with Crippen LogP contribution in [0.15, 0.2) is 36.7 Å². The Bertz CT molecular complexity index is 506. The fourth-order valence-electron chi connectivity index (χ4n) is 1.95. The molecule has 0 saturated heterocycles. The van der Waals surface area contributed by atoms with Crippen molar-refractivity contribution in [2.45, 2.75) is 39.5 Å². The number of hydrogen-bond acceptors (Lipinski definition) is 3. The topological polar surface area (TPSA) is 35.0 Å². The van der Waals surface area contributed by atoms with Crippen molar-refractivity contribution in [1.82, 2.24) is 9.97 Å². The molecule has 0 radical (unpaired) electrons. The lowest BCUT2D eigenvalue weighted by Crippen LogP contribution is -1.96. The number of aromatic nitrogens is 2. The van der Waals surface area contributed by atoms with Gasteiger partial charge < -0.3 is 4.74 Å². The highest BCUT2D eigenvalue weighted by Gasteiger charge is 2.01. The van der Waals surface area contributed by atoms with Crippen LogP contribution in [0, 0.1) is 0 Å². The minimum absolute atomic E-state index is 0.779. The molecule has 20 heavy (non-hydrogen) atoms. The summed E-state index contributed by atoms with van der Waals surface area (Å²) in [5.74, 6) is 0.915. The van der Waals surface area contributed by atoms with Gasteiger partial charge in [0.05, 0.1) is 24.2 Å². The summed E-state index contributed by atoms with van der Waals surface area (Å²) in [5, 5.41) is 0. The molecule has 1 aromatic heterocycles. The SMILES string of the molecule is CCCCOc1ccc(-c2cnc(CCC)cn2)cc1. The molecule has 0 bridgehead atoms. The van der Waals surface area contributed by atoms with Crippen molar-refractivity contribution in [2.24, 2.45) is 0 Å². The fraction of sp³-hybridized carbons (Fsp3) is 0.412. The molecule has 0 spiro atoms. The maximum atomic E-state index is 5.65. The fourth-order valence-corrected chi connectivity index (χ4v) is 1.95. The summed E-state index contributed by atoms with van der Waals surface area (Å²) in [4.78, 5) is 8.90. The van der Waals surface area contributed by atoms with E-state index in [1.165, 1.54) is 0 Å². The van der Waals surface area contributed by atoms with Gasteiger partial charge in [0, 0.05) is 11.8 Å². The van der Waals surface area contributed by atoms with Crippen LogP contribution >= 0.6 is 0 Å². The van der Waals surface area contributed by atoms with Gasteiger partial charge in [0.15, 0.2) is 0 Å². The standard InChI is InChI=1S/C17H22N2O/c1-3-5-11-20-16-9-7-14(8-10-16)17-13-18-15(6-4-2)12-19-17/h7-10,12-13H,3-6,11H2,1-2H3. The Kier molecular flexibility index (Phi) is 5.54. The first kappa shape index (κ1) is 14.5. The summed E-state index contributed by atoms with van der Waals surface area (Å²) >= 11 is 0. The van der Waals surface area contributed by atoms with Crippen molar-refractivity contribution < 1.29 is 4.74 Å². The summed E-state index contributed by atoms with van der Waals surface area (Å²) < 4.78 is 5.65. The Labute approximate surface area is 121 Å². The van der Waals surface area contributed by atoms with Crippen molar-refractivity contribution >= 4 is 0 Å². The molecule has 3 nitrogen and oxygen atoms in total. The number of hydrogen-bond donors (Lipinski definition) is 0. The predicted molar refractivity (Wildman–Crippen MR) is 81.9 cm³/mol. The molecule has 0 aliphatic heterocycles. The van der Waals surface area contributed by atoms with Crippen LogP contribution in [-0.4, -0.2) is 16.6 Å². The third kappa shape index (κ3) is 4.05. The Hall–Kier alpha value is -1.90. The monoisotopic (exact) mass is 270 g/mol. The van der Waals surface area contributed by atoms with E-state index in [0.717, 1.165) is 55.0 Å². The Morgan fingerprint density at radius 3 is 2.35 bits per heavy atom. The molecular formula is C17H22N2O. The van der Waals surface area contributed by atoms with Gasteiger partial charge in [-0.3, -0.25) is 9.97 Å². The third-order valence-corrected chi connectivity index (χ3v) is 3.13. The zero-order chi connectivity index (χ0) is 14.2. The number of aryl methyl sites for hydroxylation is 1. The van der Waals surface area contributed by atoms with Crippen LogP contribution in [0.3, 0.4) is 0 Å². The average Bonchev–Trinajstić information content (AvgIpc) is 2.49. The molecule has 1 aromatic carbocycles. The lowest BCUT2D eigenvalue weighted by molar-refractivity contribution is 0.309. The second-order valence-electron chi connectivity index (χ2n) is 4.87. The van der Waals surface area contributed by atoms with Crippen molar-refractivity contribution in [3.8, 4) is 17.0 Å².